The largest absolute Gasteiger partial charge is 0.494 e. The average molecular weight is 268 g/mol. The second kappa shape index (κ2) is 7.89. The van der Waals surface area contributed by atoms with Crippen LogP contribution in [-0.2, 0) is 4.74 Å². The fraction of sp³-hybridized carbons (Fsp3) is 0.533. The Morgan fingerprint density at radius 3 is 2.68 bits per heavy atom. The summed E-state index contributed by atoms with van der Waals surface area (Å²) in [5.74, 6) is 0.0173. The first-order valence-electron chi connectivity index (χ1n) is 6.49. The molecular formula is C15H21FO3. The lowest BCUT2D eigenvalue weighted by Gasteiger charge is -2.07. The maximum atomic E-state index is 13.4. The molecule has 0 heterocycles. The highest BCUT2D eigenvalue weighted by molar-refractivity contribution is 5.97. The van der Waals surface area contributed by atoms with Crippen molar-refractivity contribution in [2.45, 2.75) is 26.7 Å². The van der Waals surface area contributed by atoms with Crippen LogP contribution >= 0.6 is 0 Å². The van der Waals surface area contributed by atoms with Crippen molar-refractivity contribution in [2.24, 2.45) is 5.92 Å². The number of carbonyl (C=O) groups excluding carboxylic acids is 1. The number of halogens is 1. The van der Waals surface area contributed by atoms with E-state index in [9.17, 15) is 9.18 Å². The molecule has 1 rings (SSSR count). The molecule has 0 atom stereocenters. The monoisotopic (exact) mass is 268 g/mol. The van der Waals surface area contributed by atoms with Gasteiger partial charge in [0.25, 0.3) is 0 Å². The summed E-state index contributed by atoms with van der Waals surface area (Å²) in [6, 6.07) is 4.17. The number of hydrogen-bond donors (Lipinski definition) is 0. The van der Waals surface area contributed by atoms with Crippen LogP contribution in [0.5, 0.6) is 5.75 Å². The van der Waals surface area contributed by atoms with Gasteiger partial charge in [-0.1, -0.05) is 13.8 Å². The summed E-state index contributed by atoms with van der Waals surface area (Å²) in [4.78, 5) is 11.8. The fourth-order valence-electron chi connectivity index (χ4n) is 1.68. The first-order chi connectivity index (χ1) is 9.04. The Kier molecular flexibility index (Phi) is 6.50. The first kappa shape index (κ1) is 15.6. The minimum absolute atomic E-state index is 0.0101. The quantitative estimate of drug-likeness (QED) is 0.535. The molecule has 0 saturated heterocycles. The summed E-state index contributed by atoms with van der Waals surface area (Å²) in [5, 5.41) is 0. The van der Waals surface area contributed by atoms with Crippen molar-refractivity contribution in [1.82, 2.24) is 0 Å². The molecule has 0 spiro atoms. The molecule has 0 saturated carbocycles. The molecule has 0 radical (unpaired) electrons. The predicted molar refractivity (Wildman–Crippen MR) is 72.2 cm³/mol. The van der Waals surface area contributed by atoms with Gasteiger partial charge in [0, 0.05) is 12.2 Å². The van der Waals surface area contributed by atoms with Crippen LogP contribution in [0.1, 0.15) is 37.0 Å². The molecule has 0 aromatic heterocycles. The first-order valence-corrected chi connectivity index (χ1v) is 6.49. The normalized spacial score (nSPS) is 10.8. The second-order valence-electron chi connectivity index (χ2n) is 4.86. The lowest BCUT2D eigenvalue weighted by atomic mass is 10.1. The van der Waals surface area contributed by atoms with Gasteiger partial charge in [-0.25, -0.2) is 4.39 Å². The fourth-order valence-corrected chi connectivity index (χ4v) is 1.68. The molecule has 0 unspecified atom stereocenters. The molecule has 0 fully saturated rings. The van der Waals surface area contributed by atoms with Gasteiger partial charge in [0.1, 0.15) is 6.61 Å². The zero-order chi connectivity index (χ0) is 14.3. The van der Waals surface area contributed by atoms with Gasteiger partial charge in [-0.2, -0.15) is 0 Å². The molecule has 0 aliphatic heterocycles. The van der Waals surface area contributed by atoms with Gasteiger partial charge in [-0.05, 0) is 37.0 Å². The number of carbonyl (C=O) groups is 1. The lowest BCUT2D eigenvalue weighted by molar-refractivity contribution is 0.0748. The van der Waals surface area contributed by atoms with E-state index >= 15 is 0 Å². The Morgan fingerprint density at radius 2 is 2.11 bits per heavy atom. The molecule has 1 aromatic rings. The Labute approximate surface area is 113 Å². The van der Waals surface area contributed by atoms with E-state index in [1.807, 2.05) is 0 Å². The van der Waals surface area contributed by atoms with E-state index in [1.54, 1.807) is 6.07 Å². The maximum Gasteiger partial charge on any atom is 0.188 e. The number of ether oxygens (including phenoxy) is 2. The molecule has 0 N–H and O–H groups in total. The van der Waals surface area contributed by atoms with Crippen LogP contribution in [0.2, 0.25) is 0 Å². The Hall–Kier alpha value is -1.42. The van der Waals surface area contributed by atoms with E-state index < -0.39 is 5.82 Å². The summed E-state index contributed by atoms with van der Waals surface area (Å²) in [6.45, 7) is 4.84. The van der Waals surface area contributed by atoms with E-state index in [0.717, 1.165) is 12.8 Å². The summed E-state index contributed by atoms with van der Waals surface area (Å²) in [5.41, 5.74) is 0.308. The Balaban J connectivity index is 2.39. The lowest BCUT2D eigenvalue weighted by Crippen LogP contribution is -2.10. The van der Waals surface area contributed by atoms with Gasteiger partial charge in [-0.15, -0.1) is 0 Å². The minimum Gasteiger partial charge on any atom is -0.494 e. The number of ketones is 1. The van der Waals surface area contributed by atoms with Crippen molar-refractivity contribution in [3.8, 4) is 5.75 Å². The van der Waals surface area contributed by atoms with Crippen molar-refractivity contribution in [1.29, 1.82) is 0 Å². The van der Waals surface area contributed by atoms with Crippen LogP contribution in [0, 0.1) is 11.7 Å². The topological polar surface area (TPSA) is 35.5 Å². The molecule has 1 aromatic carbocycles. The smallest absolute Gasteiger partial charge is 0.188 e. The van der Waals surface area contributed by atoms with Crippen LogP contribution in [0.4, 0.5) is 4.39 Å². The van der Waals surface area contributed by atoms with E-state index in [0.29, 0.717) is 18.1 Å². The van der Waals surface area contributed by atoms with E-state index in [1.165, 1.54) is 19.2 Å². The van der Waals surface area contributed by atoms with Gasteiger partial charge in [0.15, 0.2) is 17.3 Å². The molecule has 3 nitrogen and oxygen atoms in total. The predicted octanol–water partition coefficient (Wildman–Crippen LogP) is 3.47. The Morgan fingerprint density at radius 1 is 1.37 bits per heavy atom. The molecule has 0 aliphatic carbocycles. The van der Waals surface area contributed by atoms with Crippen molar-refractivity contribution >= 4 is 5.78 Å². The van der Waals surface area contributed by atoms with Gasteiger partial charge < -0.3 is 9.47 Å². The molecule has 4 heteroatoms. The van der Waals surface area contributed by atoms with Crippen LogP contribution in [-0.4, -0.2) is 26.1 Å². The summed E-state index contributed by atoms with van der Waals surface area (Å²) in [7, 11) is 1.39. The van der Waals surface area contributed by atoms with Gasteiger partial charge in [0.05, 0.1) is 7.11 Å². The SMILES string of the molecule is COc1ccc(C(=O)COCCCC(C)C)cc1F. The van der Waals surface area contributed by atoms with Crippen LogP contribution in [0.25, 0.3) is 0 Å². The molecule has 106 valence electrons. The van der Waals surface area contributed by atoms with E-state index in [-0.39, 0.29) is 18.1 Å². The number of methoxy groups -OCH3 is 1. The van der Waals surface area contributed by atoms with Crippen molar-refractivity contribution in [3.63, 3.8) is 0 Å². The minimum atomic E-state index is -0.534. The van der Waals surface area contributed by atoms with E-state index in [2.05, 4.69) is 13.8 Å². The highest BCUT2D eigenvalue weighted by atomic mass is 19.1. The van der Waals surface area contributed by atoms with Gasteiger partial charge in [0.2, 0.25) is 0 Å². The summed E-state index contributed by atoms with van der Waals surface area (Å²) < 4.78 is 23.5. The van der Waals surface area contributed by atoms with Crippen LogP contribution in [0.15, 0.2) is 18.2 Å². The van der Waals surface area contributed by atoms with Gasteiger partial charge >= 0.3 is 0 Å². The van der Waals surface area contributed by atoms with Crippen LogP contribution < -0.4 is 4.74 Å². The van der Waals surface area contributed by atoms with Gasteiger partial charge in [-0.3, -0.25) is 4.79 Å². The van der Waals surface area contributed by atoms with Crippen molar-refractivity contribution in [3.05, 3.63) is 29.6 Å². The number of benzene rings is 1. The molecule has 19 heavy (non-hydrogen) atoms. The highest BCUT2D eigenvalue weighted by Crippen LogP contribution is 2.18. The molecular weight excluding hydrogens is 247 g/mol. The third kappa shape index (κ3) is 5.39. The highest BCUT2D eigenvalue weighted by Gasteiger charge is 2.10. The maximum absolute atomic E-state index is 13.4. The van der Waals surface area contributed by atoms with Crippen molar-refractivity contribution in [2.75, 3.05) is 20.3 Å². The standard InChI is InChI=1S/C15H21FO3/c1-11(2)5-4-8-19-10-14(17)12-6-7-15(18-3)13(16)9-12/h6-7,9,11H,4-5,8,10H2,1-3H3. The number of hydrogen-bond acceptors (Lipinski definition) is 3. The van der Waals surface area contributed by atoms with E-state index in [4.69, 9.17) is 9.47 Å². The zero-order valence-corrected chi connectivity index (χ0v) is 11.7. The summed E-state index contributed by atoms with van der Waals surface area (Å²) >= 11 is 0. The molecule has 0 amide bonds. The molecule has 0 aliphatic rings. The third-order valence-electron chi connectivity index (χ3n) is 2.78. The number of Topliss-reactive ketones (excluding diaryl/α,β-unsaturated/α-hetero) is 1. The Bertz CT molecular complexity index is 416. The van der Waals surface area contributed by atoms with Crippen LogP contribution in [0.3, 0.4) is 0 Å². The average Bonchev–Trinajstić information content (AvgIpc) is 2.37. The third-order valence-corrected chi connectivity index (χ3v) is 2.78. The second-order valence-corrected chi connectivity index (χ2v) is 4.86. The zero-order valence-electron chi connectivity index (χ0n) is 11.7. The molecule has 0 bridgehead atoms. The number of rotatable bonds is 8. The van der Waals surface area contributed by atoms with Crippen molar-refractivity contribution < 1.29 is 18.7 Å². The summed E-state index contributed by atoms with van der Waals surface area (Å²) in [6.07, 6.45) is 2.01.